The zero-order chi connectivity index (χ0) is 23.0. The molecule has 4 rings (SSSR count). The van der Waals surface area contributed by atoms with Crippen molar-refractivity contribution in [3.05, 3.63) is 95.4 Å². The predicted octanol–water partition coefficient (Wildman–Crippen LogP) is 5.44. The third-order valence-corrected chi connectivity index (χ3v) is 5.61. The zero-order valence-electron chi connectivity index (χ0n) is 18.0. The molecular weight excluding hydrogens is 436 g/mol. The van der Waals surface area contributed by atoms with Crippen LogP contribution in [0.1, 0.15) is 12.5 Å². The van der Waals surface area contributed by atoms with Crippen molar-refractivity contribution in [1.82, 2.24) is 0 Å². The summed E-state index contributed by atoms with van der Waals surface area (Å²) in [7, 11) is 0. The monoisotopic (exact) mass is 458 g/mol. The van der Waals surface area contributed by atoms with Crippen LogP contribution >= 0.6 is 11.8 Å². The van der Waals surface area contributed by atoms with Crippen LogP contribution in [0.25, 0.3) is 6.08 Å². The van der Waals surface area contributed by atoms with Crippen LogP contribution in [-0.4, -0.2) is 30.3 Å². The van der Waals surface area contributed by atoms with Gasteiger partial charge < -0.3 is 9.47 Å². The smallest absolute Gasteiger partial charge is 0.344 e. The third-order valence-electron chi connectivity index (χ3n) is 4.64. The topological polar surface area (TPSA) is 68.2 Å². The number of esters is 1. The average Bonchev–Trinajstić information content (AvgIpc) is 3.14. The molecule has 1 fully saturated rings. The molecule has 3 aromatic carbocycles. The van der Waals surface area contributed by atoms with Crippen molar-refractivity contribution >= 4 is 46.3 Å². The Kier molecular flexibility index (Phi) is 7.22. The van der Waals surface area contributed by atoms with Crippen molar-refractivity contribution in [3.63, 3.8) is 0 Å². The van der Waals surface area contributed by atoms with E-state index >= 15 is 0 Å². The fourth-order valence-corrected chi connectivity index (χ4v) is 4.12. The lowest BCUT2D eigenvalue weighted by molar-refractivity contribution is -0.145. The van der Waals surface area contributed by atoms with E-state index in [1.54, 1.807) is 24.0 Å². The van der Waals surface area contributed by atoms with Gasteiger partial charge in [0.15, 0.2) is 11.8 Å². The van der Waals surface area contributed by atoms with Gasteiger partial charge >= 0.3 is 5.97 Å². The fourth-order valence-electron chi connectivity index (χ4n) is 3.12. The highest BCUT2D eigenvalue weighted by Crippen LogP contribution is 2.37. The van der Waals surface area contributed by atoms with E-state index in [1.165, 1.54) is 11.8 Å². The Hall–Kier alpha value is -3.84. The van der Waals surface area contributed by atoms with E-state index in [9.17, 15) is 9.59 Å². The molecule has 0 aliphatic carbocycles. The fraction of sp³-hybridized carbons (Fsp3) is 0.115. The van der Waals surface area contributed by atoms with Gasteiger partial charge in [-0.2, -0.15) is 0 Å². The van der Waals surface area contributed by atoms with E-state index in [-0.39, 0.29) is 12.5 Å². The lowest BCUT2D eigenvalue weighted by Crippen LogP contribution is -2.28. The Morgan fingerprint density at radius 3 is 2.30 bits per heavy atom. The number of aliphatic imine (C=N–C) groups is 1. The summed E-state index contributed by atoms with van der Waals surface area (Å²) in [4.78, 5) is 31.6. The maximum atomic E-state index is 13.3. The van der Waals surface area contributed by atoms with Gasteiger partial charge in [0.05, 0.1) is 22.9 Å². The first kappa shape index (κ1) is 22.4. The van der Waals surface area contributed by atoms with E-state index in [0.29, 0.717) is 22.4 Å². The molecule has 1 amide bonds. The van der Waals surface area contributed by atoms with Crippen LogP contribution in [0.4, 0.5) is 11.4 Å². The number of thioether (sulfide) groups is 1. The maximum absolute atomic E-state index is 13.3. The number of anilines is 1. The minimum absolute atomic E-state index is 0.136. The van der Waals surface area contributed by atoms with Gasteiger partial charge in [-0.15, -0.1) is 0 Å². The molecule has 1 saturated heterocycles. The molecule has 166 valence electrons. The summed E-state index contributed by atoms with van der Waals surface area (Å²) in [5.74, 6) is -0.000697. The van der Waals surface area contributed by atoms with Gasteiger partial charge in [-0.05, 0) is 66.7 Å². The van der Waals surface area contributed by atoms with Gasteiger partial charge in [0.25, 0.3) is 5.91 Å². The Morgan fingerprint density at radius 2 is 1.64 bits per heavy atom. The Labute approximate surface area is 196 Å². The first-order valence-electron chi connectivity index (χ1n) is 10.5. The molecule has 0 bridgehead atoms. The van der Waals surface area contributed by atoms with Gasteiger partial charge in [-0.25, -0.2) is 9.79 Å². The van der Waals surface area contributed by atoms with Crippen molar-refractivity contribution in [1.29, 1.82) is 0 Å². The van der Waals surface area contributed by atoms with Crippen molar-refractivity contribution in [2.75, 3.05) is 18.1 Å². The van der Waals surface area contributed by atoms with E-state index in [0.717, 1.165) is 16.9 Å². The molecule has 1 aliphatic heterocycles. The van der Waals surface area contributed by atoms with Crippen LogP contribution in [0, 0.1) is 0 Å². The Balaban J connectivity index is 1.57. The summed E-state index contributed by atoms with van der Waals surface area (Å²) in [6.45, 7) is 1.92. The van der Waals surface area contributed by atoms with Crippen molar-refractivity contribution in [2.45, 2.75) is 6.92 Å². The number of carbonyl (C=O) groups excluding carboxylic acids is 2. The normalized spacial score (nSPS) is 15.8. The number of benzene rings is 3. The molecule has 1 heterocycles. The van der Waals surface area contributed by atoms with Gasteiger partial charge in [0, 0.05) is 0 Å². The molecule has 0 saturated carbocycles. The van der Waals surface area contributed by atoms with Crippen molar-refractivity contribution < 1.29 is 19.1 Å². The summed E-state index contributed by atoms with van der Waals surface area (Å²) >= 11 is 1.33. The molecule has 0 radical (unpaired) electrons. The molecule has 0 N–H and O–H groups in total. The van der Waals surface area contributed by atoms with Gasteiger partial charge in [0.1, 0.15) is 5.75 Å². The molecule has 6 nitrogen and oxygen atoms in total. The minimum atomic E-state index is -0.414. The van der Waals surface area contributed by atoms with E-state index < -0.39 is 5.97 Å². The van der Waals surface area contributed by atoms with Crippen molar-refractivity contribution in [2.24, 2.45) is 4.99 Å². The molecule has 0 spiro atoms. The lowest BCUT2D eigenvalue weighted by Gasteiger charge is -2.15. The van der Waals surface area contributed by atoms with Gasteiger partial charge in [-0.3, -0.25) is 9.69 Å². The number of hydrogen-bond donors (Lipinski definition) is 0. The van der Waals surface area contributed by atoms with Crippen LogP contribution in [0.2, 0.25) is 0 Å². The van der Waals surface area contributed by atoms with Crippen LogP contribution in [0.3, 0.4) is 0 Å². The highest BCUT2D eigenvalue weighted by Gasteiger charge is 2.34. The Bertz CT molecular complexity index is 1180. The van der Waals surface area contributed by atoms with Gasteiger partial charge in [0.2, 0.25) is 0 Å². The number of amides is 1. The van der Waals surface area contributed by atoms with Crippen LogP contribution < -0.4 is 9.64 Å². The highest BCUT2D eigenvalue weighted by atomic mass is 32.2. The highest BCUT2D eigenvalue weighted by molar-refractivity contribution is 8.19. The summed E-state index contributed by atoms with van der Waals surface area (Å²) in [6, 6.07) is 26.2. The number of para-hydroxylation sites is 2. The van der Waals surface area contributed by atoms with E-state index in [2.05, 4.69) is 0 Å². The molecule has 1 aliphatic rings. The second-order valence-electron chi connectivity index (χ2n) is 6.98. The second-order valence-corrected chi connectivity index (χ2v) is 7.99. The molecule has 0 unspecified atom stereocenters. The van der Waals surface area contributed by atoms with Crippen LogP contribution in [-0.2, 0) is 14.3 Å². The molecule has 3 aromatic rings. The number of nitrogens with zero attached hydrogens (tertiary/aromatic N) is 2. The molecule has 33 heavy (non-hydrogen) atoms. The standard InChI is InChI=1S/C26H22N2O4S/c1-2-31-24(29)18-32-22-15-13-19(14-16-22)17-23-25(30)28(21-11-7-4-8-12-21)26(33-23)27-20-9-5-3-6-10-20/h3-17H,2,18H2,1H3/b23-17-,27-26?. The number of hydrogen-bond acceptors (Lipinski definition) is 6. The molecule has 7 heteroatoms. The SMILES string of the molecule is CCOC(=O)COc1ccc(/C=C2\SC(=Nc3ccccc3)N(c3ccccc3)C2=O)cc1. The number of rotatable bonds is 7. The number of ether oxygens (including phenoxy) is 2. The maximum Gasteiger partial charge on any atom is 0.344 e. The first-order chi connectivity index (χ1) is 16.1. The summed E-state index contributed by atoms with van der Waals surface area (Å²) < 4.78 is 10.3. The zero-order valence-corrected chi connectivity index (χ0v) is 18.8. The Morgan fingerprint density at radius 1 is 0.970 bits per heavy atom. The predicted molar refractivity (Wildman–Crippen MR) is 132 cm³/mol. The number of amidine groups is 1. The molecule has 0 aromatic heterocycles. The summed E-state index contributed by atoms with van der Waals surface area (Å²) in [5.41, 5.74) is 2.37. The van der Waals surface area contributed by atoms with E-state index in [4.69, 9.17) is 14.5 Å². The van der Waals surface area contributed by atoms with Crippen molar-refractivity contribution in [3.8, 4) is 5.75 Å². The summed E-state index contributed by atoms with van der Waals surface area (Å²) in [5, 5.41) is 0.595. The third kappa shape index (κ3) is 5.70. The van der Waals surface area contributed by atoms with Crippen LogP contribution in [0.5, 0.6) is 5.75 Å². The minimum Gasteiger partial charge on any atom is -0.482 e. The molecular formula is C26H22N2O4S. The second kappa shape index (κ2) is 10.7. The largest absolute Gasteiger partial charge is 0.482 e. The van der Waals surface area contributed by atoms with Crippen LogP contribution in [0.15, 0.2) is 94.8 Å². The lowest BCUT2D eigenvalue weighted by atomic mass is 10.2. The van der Waals surface area contributed by atoms with Gasteiger partial charge in [-0.1, -0.05) is 48.5 Å². The molecule has 0 atom stereocenters. The number of carbonyl (C=O) groups is 2. The van der Waals surface area contributed by atoms with E-state index in [1.807, 2.05) is 78.9 Å². The summed E-state index contributed by atoms with van der Waals surface area (Å²) in [6.07, 6.45) is 1.82. The quantitative estimate of drug-likeness (QED) is 0.349. The first-order valence-corrected chi connectivity index (χ1v) is 11.3. The average molecular weight is 459 g/mol.